The maximum Gasteiger partial charge on any atom is 0.416 e. The fourth-order valence-electron chi connectivity index (χ4n) is 4.44. The Kier molecular flexibility index (Phi) is 7.42. The summed E-state index contributed by atoms with van der Waals surface area (Å²) in [5.41, 5.74) is 1.22. The number of halogens is 5. The molecular formula is C25H22BrClF3N5O2S. The summed E-state index contributed by atoms with van der Waals surface area (Å²) in [5.74, 6) is 0.899. The topological polar surface area (TPSA) is 79.6 Å². The normalized spacial score (nSPS) is 15.7. The summed E-state index contributed by atoms with van der Waals surface area (Å²) < 4.78 is 68.2. The summed E-state index contributed by atoms with van der Waals surface area (Å²) in [5, 5.41) is 8.40. The van der Waals surface area contributed by atoms with Gasteiger partial charge < -0.3 is 5.32 Å². The van der Waals surface area contributed by atoms with E-state index in [9.17, 15) is 21.6 Å². The van der Waals surface area contributed by atoms with E-state index in [1.54, 1.807) is 16.8 Å². The number of sulfonamides is 1. The molecule has 0 bridgehead atoms. The molecule has 1 N–H and O–H groups in total. The van der Waals surface area contributed by atoms with E-state index in [1.807, 2.05) is 24.3 Å². The Balaban J connectivity index is 1.27. The van der Waals surface area contributed by atoms with Gasteiger partial charge in [0.05, 0.1) is 26.8 Å². The molecule has 1 saturated heterocycles. The number of nitrogens with one attached hydrogen (secondary N) is 1. The van der Waals surface area contributed by atoms with E-state index in [0.717, 1.165) is 40.1 Å². The molecule has 0 atom stereocenters. The highest BCUT2D eigenvalue weighted by atomic mass is 79.9. The van der Waals surface area contributed by atoms with E-state index in [-0.39, 0.29) is 23.9 Å². The van der Waals surface area contributed by atoms with Gasteiger partial charge in [-0.1, -0.05) is 29.8 Å². The van der Waals surface area contributed by atoms with E-state index >= 15 is 0 Å². The van der Waals surface area contributed by atoms with Crippen molar-refractivity contribution in [3.05, 3.63) is 75.9 Å². The third-order valence-electron chi connectivity index (χ3n) is 6.54. The van der Waals surface area contributed by atoms with Crippen molar-refractivity contribution in [1.29, 1.82) is 0 Å². The molecule has 1 aliphatic heterocycles. The average Bonchev–Trinajstić information content (AvgIpc) is 3.28. The van der Waals surface area contributed by atoms with Crippen LogP contribution in [0.4, 0.5) is 19.0 Å². The third kappa shape index (κ3) is 5.40. The van der Waals surface area contributed by atoms with Gasteiger partial charge in [0, 0.05) is 36.3 Å². The lowest BCUT2D eigenvalue weighted by Crippen LogP contribution is -2.39. The first kappa shape index (κ1) is 26.9. The van der Waals surface area contributed by atoms with Gasteiger partial charge in [-0.2, -0.15) is 27.1 Å². The highest BCUT2D eigenvalue weighted by Crippen LogP contribution is 2.32. The molecule has 38 heavy (non-hydrogen) atoms. The first-order valence-electron chi connectivity index (χ1n) is 11.7. The Morgan fingerprint density at radius 1 is 1.08 bits per heavy atom. The number of piperidine rings is 1. The lowest BCUT2D eigenvalue weighted by Gasteiger charge is -2.31. The van der Waals surface area contributed by atoms with Gasteiger partial charge in [-0.05, 0) is 65.0 Å². The molecule has 0 unspecified atom stereocenters. The van der Waals surface area contributed by atoms with Crippen molar-refractivity contribution in [3.63, 3.8) is 0 Å². The Morgan fingerprint density at radius 2 is 1.76 bits per heavy atom. The summed E-state index contributed by atoms with van der Waals surface area (Å²) in [4.78, 5) is 4.56. The fraction of sp³-hybridized carbons (Fsp3) is 0.280. The number of alkyl halides is 3. The lowest BCUT2D eigenvalue weighted by atomic mass is 9.98. The Morgan fingerprint density at radius 3 is 2.42 bits per heavy atom. The van der Waals surface area contributed by atoms with Crippen LogP contribution in [0.3, 0.4) is 0 Å². The van der Waals surface area contributed by atoms with Crippen LogP contribution in [0.15, 0.2) is 70.2 Å². The molecule has 7 nitrogen and oxygen atoms in total. The van der Waals surface area contributed by atoms with Crippen LogP contribution < -0.4 is 5.32 Å². The lowest BCUT2D eigenvalue weighted by molar-refractivity contribution is -0.137. The molecule has 2 aromatic carbocycles. The maximum absolute atomic E-state index is 13.0. The van der Waals surface area contributed by atoms with Crippen LogP contribution in [0.25, 0.3) is 16.9 Å². The SMILES string of the molecule is O=S(=O)(c1ccc(C(F)(F)F)cc1)N1CCC(CNc2cc(-c3ccccc3Cl)nc3c(Br)cnn23)CC1. The van der Waals surface area contributed by atoms with E-state index in [1.165, 1.54) is 4.31 Å². The van der Waals surface area contributed by atoms with Gasteiger partial charge in [0.15, 0.2) is 5.65 Å². The molecule has 1 fully saturated rings. The van der Waals surface area contributed by atoms with Gasteiger partial charge in [0.2, 0.25) is 10.0 Å². The number of fused-ring (bicyclic) bond motifs is 1. The van der Waals surface area contributed by atoms with Crippen LogP contribution in [0.2, 0.25) is 5.02 Å². The molecule has 0 radical (unpaired) electrons. The minimum Gasteiger partial charge on any atom is -0.370 e. The molecular weight excluding hydrogens is 607 g/mol. The van der Waals surface area contributed by atoms with Crippen molar-refractivity contribution in [3.8, 4) is 11.3 Å². The van der Waals surface area contributed by atoms with E-state index < -0.39 is 21.8 Å². The van der Waals surface area contributed by atoms with Crippen molar-refractivity contribution in [2.75, 3.05) is 25.0 Å². The largest absolute Gasteiger partial charge is 0.416 e. The second-order valence-corrected chi connectivity index (χ2v) is 12.2. The van der Waals surface area contributed by atoms with Crippen molar-refractivity contribution >= 4 is 49.0 Å². The minimum atomic E-state index is -4.52. The van der Waals surface area contributed by atoms with Gasteiger partial charge in [-0.25, -0.2) is 13.4 Å². The minimum absolute atomic E-state index is 0.141. The summed E-state index contributed by atoms with van der Waals surface area (Å²) >= 11 is 9.89. The van der Waals surface area contributed by atoms with Crippen LogP contribution in [0.5, 0.6) is 0 Å². The number of aromatic nitrogens is 3. The molecule has 4 aromatic rings. The quantitative estimate of drug-likeness (QED) is 0.270. The van der Waals surface area contributed by atoms with Crippen molar-refractivity contribution in [2.24, 2.45) is 5.92 Å². The van der Waals surface area contributed by atoms with E-state index in [0.29, 0.717) is 35.8 Å². The van der Waals surface area contributed by atoms with Gasteiger partial charge >= 0.3 is 6.18 Å². The predicted octanol–water partition coefficient (Wildman–Crippen LogP) is 6.34. The standard InChI is InChI=1S/C25H22BrClF3N5O2S/c26-20-15-32-35-23(13-22(33-24(20)35)19-3-1-2-4-21(19)27)31-14-16-9-11-34(12-10-16)38(36,37)18-7-5-17(6-8-18)25(28,29)30/h1-8,13,15-16,31H,9-12,14H2. The summed E-state index contributed by atoms with van der Waals surface area (Å²) in [7, 11) is -3.88. The highest BCUT2D eigenvalue weighted by Gasteiger charge is 2.33. The van der Waals surface area contributed by atoms with Crippen LogP contribution in [0.1, 0.15) is 18.4 Å². The van der Waals surface area contributed by atoms with E-state index in [2.05, 4.69) is 26.3 Å². The molecule has 0 aliphatic carbocycles. The zero-order chi connectivity index (χ0) is 27.1. The van der Waals surface area contributed by atoms with Gasteiger partial charge in [-0.3, -0.25) is 0 Å². The smallest absolute Gasteiger partial charge is 0.370 e. The number of nitrogens with zero attached hydrogens (tertiary/aromatic N) is 4. The third-order valence-corrected chi connectivity index (χ3v) is 9.35. The van der Waals surface area contributed by atoms with Crippen molar-refractivity contribution in [1.82, 2.24) is 18.9 Å². The van der Waals surface area contributed by atoms with Crippen LogP contribution in [0, 0.1) is 5.92 Å². The molecule has 0 saturated carbocycles. The van der Waals surface area contributed by atoms with Crippen molar-refractivity contribution < 1.29 is 21.6 Å². The highest BCUT2D eigenvalue weighted by molar-refractivity contribution is 9.10. The number of anilines is 1. The van der Waals surface area contributed by atoms with Gasteiger partial charge in [0.25, 0.3) is 0 Å². The Bertz CT molecular complexity index is 1570. The van der Waals surface area contributed by atoms with Crippen LogP contribution in [-0.4, -0.2) is 47.0 Å². The van der Waals surface area contributed by atoms with Crippen LogP contribution >= 0.6 is 27.5 Å². The second-order valence-electron chi connectivity index (χ2n) is 8.98. The Labute approximate surface area is 230 Å². The monoisotopic (exact) mass is 627 g/mol. The average molecular weight is 629 g/mol. The van der Waals surface area contributed by atoms with Gasteiger partial charge in [-0.15, -0.1) is 0 Å². The molecule has 5 rings (SSSR count). The maximum atomic E-state index is 13.0. The summed E-state index contributed by atoms with van der Waals surface area (Å²) in [6, 6.07) is 12.9. The summed E-state index contributed by atoms with van der Waals surface area (Å²) in [6.45, 7) is 1.13. The Hall–Kier alpha value is -2.67. The fourth-order valence-corrected chi connectivity index (χ4v) is 6.49. The zero-order valence-corrected chi connectivity index (χ0v) is 22.9. The van der Waals surface area contributed by atoms with Crippen LogP contribution in [-0.2, 0) is 16.2 Å². The number of hydrogen-bond acceptors (Lipinski definition) is 5. The number of rotatable bonds is 6. The van der Waals surface area contributed by atoms with Gasteiger partial charge in [0.1, 0.15) is 5.82 Å². The molecule has 2 aromatic heterocycles. The molecule has 200 valence electrons. The van der Waals surface area contributed by atoms with Crippen molar-refractivity contribution in [2.45, 2.75) is 23.9 Å². The second kappa shape index (κ2) is 10.5. The number of hydrogen-bond donors (Lipinski definition) is 1. The predicted molar refractivity (Wildman–Crippen MR) is 143 cm³/mol. The molecule has 13 heteroatoms. The molecule has 0 amide bonds. The molecule has 3 heterocycles. The number of benzene rings is 2. The summed E-state index contributed by atoms with van der Waals surface area (Å²) in [6.07, 6.45) is -1.66. The molecule has 0 spiro atoms. The first-order valence-corrected chi connectivity index (χ1v) is 14.4. The molecule has 1 aliphatic rings. The zero-order valence-electron chi connectivity index (χ0n) is 19.8. The first-order chi connectivity index (χ1) is 18.0. The van der Waals surface area contributed by atoms with E-state index in [4.69, 9.17) is 16.6 Å².